The van der Waals surface area contributed by atoms with E-state index in [2.05, 4.69) is 15.3 Å². The van der Waals surface area contributed by atoms with E-state index >= 15 is 0 Å². The number of carbonyl (C=O) groups is 1. The van der Waals surface area contributed by atoms with Crippen LogP contribution in [0, 0.1) is 12.8 Å². The summed E-state index contributed by atoms with van der Waals surface area (Å²) in [6.07, 6.45) is 7.16. The van der Waals surface area contributed by atoms with Crippen molar-refractivity contribution < 1.29 is 18.7 Å². The van der Waals surface area contributed by atoms with Gasteiger partial charge in [0.15, 0.2) is 0 Å². The SMILES string of the molecule is CCOc1cc2nc(CC3CCOC3)cn2cc1NC(=O)c1nc(C)co1. The van der Waals surface area contributed by atoms with E-state index in [1.807, 2.05) is 23.6 Å². The molecule has 27 heavy (non-hydrogen) atoms. The molecule has 0 radical (unpaired) electrons. The fraction of sp³-hybridized carbons (Fsp3) is 0.421. The second-order valence-electron chi connectivity index (χ2n) is 6.66. The molecule has 0 bridgehead atoms. The Hall–Kier alpha value is -2.87. The number of aromatic nitrogens is 3. The second-order valence-corrected chi connectivity index (χ2v) is 6.66. The van der Waals surface area contributed by atoms with Crippen LogP contribution in [0.3, 0.4) is 0 Å². The van der Waals surface area contributed by atoms with Gasteiger partial charge >= 0.3 is 5.91 Å². The molecule has 1 aliphatic heterocycles. The number of fused-ring (bicyclic) bond motifs is 1. The number of hydrogen-bond donors (Lipinski definition) is 1. The molecule has 0 aliphatic carbocycles. The predicted octanol–water partition coefficient (Wildman–Crippen LogP) is 2.86. The first-order chi connectivity index (χ1) is 13.1. The standard InChI is InChI=1S/C19H22N4O4/c1-3-26-16-7-17-21-14(6-13-4-5-25-11-13)8-23(17)9-15(16)22-18(24)19-20-12(2)10-27-19/h7-10,13H,3-6,11H2,1-2H3,(H,22,24). The van der Waals surface area contributed by atoms with Crippen LogP contribution in [0.5, 0.6) is 5.75 Å². The van der Waals surface area contributed by atoms with Gasteiger partial charge in [-0.25, -0.2) is 9.97 Å². The molecule has 1 N–H and O–H groups in total. The number of aryl methyl sites for hydroxylation is 1. The van der Waals surface area contributed by atoms with Gasteiger partial charge in [0.2, 0.25) is 0 Å². The molecule has 0 spiro atoms. The van der Waals surface area contributed by atoms with Crippen LogP contribution in [0.1, 0.15) is 35.4 Å². The third-order valence-electron chi connectivity index (χ3n) is 4.49. The van der Waals surface area contributed by atoms with Crippen LogP contribution in [0.2, 0.25) is 0 Å². The maximum absolute atomic E-state index is 12.4. The Balaban J connectivity index is 1.61. The maximum atomic E-state index is 12.4. The minimum Gasteiger partial charge on any atom is -0.491 e. The molecule has 1 fully saturated rings. The van der Waals surface area contributed by atoms with Crippen LogP contribution in [0.4, 0.5) is 5.69 Å². The van der Waals surface area contributed by atoms with Crippen LogP contribution >= 0.6 is 0 Å². The quantitative estimate of drug-likeness (QED) is 0.717. The zero-order chi connectivity index (χ0) is 18.8. The number of oxazole rings is 1. The lowest BCUT2D eigenvalue weighted by atomic mass is 10.0. The monoisotopic (exact) mass is 370 g/mol. The summed E-state index contributed by atoms with van der Waals surface area (Å²) in [5.41, 5.74) is 2.96. The molecule has 1 amide bonds. The lowest BCUT2D eigenvalue weighted by Gasteiger charge is -2.11. The molecule has 8 nitrogen and oxygen atoms in total. The van der Waals surface area contributed by atoms with Gasteiger partial charge in [-0.2, -0.15) is 0 Å². The number of ether oxygens (including phenoxy) is 2. The van der Waals surface area contributed by atoms with E-state index in [0.29, 0.717) is 29.7 Å². The highest BCUT2D eigenvalue weighted by Gasteiger charge is 2.19. The first-order valence-electron chi connectivity index (χ1n) is 9.08. The van der Waals surface area contributed by atoms with Crippen molar-refractivity contribution in [1.82, 2.24) is 14.4 Å². The van der Waals surface area contributed by atoms with Gasteiger partial charge < -0.3 is 23.6 Å². The van der Waals surface area contributed by atoms with Gasteiger partial charge in [0, 0.05) is 31.7 Å². The fourth-order valence-corrected chi connectivity index (χ4v) is 3.21. The van der Waals surface area contributed by atoms with E-state index < -0.39 is 5.91 Å². The first kappa shape index (κ1) is 17.5. The van der Waals surface area contributed by atoms with Crippen LogP contribution < -0.4 is 10.1 Å². The summed E-state index contributed by atoms with van der Waals surface area (Å²) in [5.74, 6) is 0.658. The third-order valence-corrected chi connectivity index (χ3v) is 4.49. The average Bonchev–Trinajstić information content (AvgIpc) is 3.37. The summed E-state index contributed by atoms with van der Waals surface area (Å²) in [7, 11) is 0. The second kappa shape index (κ2) is 7.40. The third kappa shape index (κ3) is 3.80. The Morgan fingerprint density at radius 2 is 2.30 bits per heavy atom. The minimum absolute atomic E-state index is 0.0163. The average molecular weight is 370 g/mol. The van der Waals surface area contributed by atoms with Gasteiger partial charge in [-0.1, -0.05) is 0 Å². The zero-order valence-electron chi connectivity index (χ0n) is 15.4. The largest absolute Gasteiger partial charge is 0.491 e. The van der Waals surface area contributed by atoms with Gasteiger partial charge in [0.1, 0.15) is 23.3 Å². The smallest absolute Gasteiger partial charge is 0.311 e. The molecule has 0 aromatic carbocycles. The summed E-state index contributed by atoms with van der Waals surface area (Å²) in [4.78, 5) is 21.1. The van der Waals surface area contributed by atoms with Crippen molar-refractivity contribution >= 4 is 17.2 Å². The predicted molar refractivity (Wildman–Crippen MR) is 98.2 cm³/mol. The Morgan fingerprint density at radius 1 is 1.41 bits per heavy atom. The molecule has 4 rings (SSSR count). The van der Waals surface area contributed by atoms with Crippen molar-refractivity contribution in [1.29, 1.82) is 0 Å². The van der Waals surface area contributed by atoms with Crippen molar-refractivity contribution in [2.75, 3.05) is 25.1 Å². The van der Waals surface area contributed by atoms with Crippen molar-refractivity contribution in [3.8, 4) is 5.75 Å². The molecule has 1 atom stereocenters. The number of amides is 1. The highest BCUT2D eigenvalue weighted by molar-refractivity contribution is 6.01. The van der Waals surface area contributed by atoms with E-state index in [1.165, 1.54) is 6.26 Å². The number of nitrogens with zero attached hydrogens (tertiary/aromatic N) is 3. The molecule has 1 aliphatic rings. The molecule has 1 saturated heterocycles. The number of imidazole rings is 1. The number of carbonyl (C=O) groups excluding carboxylic acids is 1. The Labute approximate surface area is 156 Å². The zero-order valence-corrected chi connectivity index (χ0v) is 15.4. The lowest BCUT2D eigenvalue weighted by molar-refractivity contribution is 0.0989. The Morgan fingerprint density at radius 3 is 3.00 bits per heavy atom. The summed E-state index contributed by atoms with van der Waals surface area (Å²) in [5, 5.41) is 2.81. The van der Waals surface area contributed by atoms with Crippen LogP contribution in [-0.4, -0.2) is 40.1 Å². The van der Waals surface area contributed by atoms with Crippen LogP contribution in [0.15, 0.2) is 29.1 Å². The molecule has 142 valence electrons. The molecule has 3 aromatic heterocycles. The Kier molecular flexibility index (Phi) is 4.81. The number of nitrogens with one attached hydrogen (secondary N) is 1. The summed E-state index contributed by atoms with van der Waals surface area (Å²) < 4.78 is 18.2. The van der Waals surface area contributed by atoms with Crippen molar-refractivity contribution in [2.24, 2.45) is 5.92 Å². The van der Waals surface area contributed by atoms with E-state index in [1.54, 1.807) is 13.1 Å². The van der Waals surface area contributed by atoms with Crippen molar-refractivity contribution in [2.45, 2.75) is 26.7 Å². The maximum Gasteiger partial charge on any atom is 0.311 e. The van der Waals surface area contributed by atoms with E-state index in [0.717, 1.165) is 37.4 Å². The first-order valence-corrected chi connectivity index (χ1v) is 9.08. The summed E-state index contributed by atoms with van der Waals surface area (Å²) in [6, 6.07) is 1.83. The number of hydrogen-bond acceptors (Lipinski definition) is 6. The summed E-state index contributed by atoms with van der Waals surface area (Å²) >= 11 is 0. The van der Waals surface area contributed by atoms with Gasteiger partial charge in [0.25, 0.3) is 5.89 Å². The van der Waals surface area contributed by atoms with E-state index in [9.17, 15) is 4.79 Å². The van der Waals surface area contributed by atoms with Gasteiger partial charge in [-0.05, 0) is 32.6 Å². The Bertz CT molecular complexity index is 956. The van der Waals surface area contributed by atoms with Crippen molar-refractivity contribution in [3.05, 3.63) is 42.0 Å². The van der Waals surface area contributed by atoms with Gasteiger partial charge in [0.05, 0.1) is 18.0 Å². The van der Waals surface area contributed by atoms with Crippen LogP contribution in [0.25, 0.3) is 5.65 Å². The van der Waals surface area contributed by atoms with Crippen LogP contribution in [-0.2, 0) is 11.2 Å². The molecule has 4 heterocycles. The number of rotatable bonds is 6. The van der Waals surface area contributed by atoms with E-state index in [-0.39, 0.29) is 5.89 Å². The minimum atomic E-state index is -0.424. The van der Waals surface area contributed by atoms with E-state index in [4.69, 9.17) is 13.9 Å². The lowest BCUT2D eigenvalue weighted by Crippen LogP contribution is -2.14. The highest BCUT2D eigenvalue weighted by atomic mass is 16.5. The molecular weight excluding hydrogens is 348 g/mol. The fourth-order valence-electron chi connectivity index (χ4n) is 3.21. The molecule has 0 saturated carbocycles. The summed E-state index contributed by atoms with van der Waals surface area (Å²) in [6.45, 7) is 5.74. The molecule has 3 aromatic rings. The number of anilines is 1. The van der Waals surface area contributed by atoms with Gasteiger partial charge in [-0.3, -0.25) is 4.79 Å². The van der Waals surface area contributed by atoms with Gasteiger partial charge in [-0.15, -0.1) is 0 Å². The molecular formula is C19H22N4O4. The van der Waals surface area contributed by atoms with Crippen molar-refractivity contribution in [3.63, 3.8) is 0 Å². The highest BCUT2D eigenvalue weighted by Crippen LogP contribution is 2.28. The number of pyridine rings is 1. The molecule has 1 unspecified atom stereocenters. The molecule has 8 heteroatoms. The normalized spacial score (nSPS) is 16.7. The topological polar surface area (TPSA) is 90.9 Å².